The van der Waals surface area contributed by atoms with Gasteiger partial charge in [0.05, 0.1) is 0 Å². The Morgan fingerprint density at radius 1 is 0.688 bits per heavy atom. The lowest BCUT2D eigenvalue weighted by Gasteiger charge is -2.28. The molecule has 0 saturated heterocycles. The molecular weight excluding hydrogens is 454 g/mol. The van der Waals surface area contributed by atoms with Crippen LogP contribution in [0.25, 0.3) is 11.1 Å². The highest BCUT2D eigenvalue weighted by molar-refractivity contribution is 9.10. The van der Waals surface area contributed by atoms with Crippen molar-refractivity contribution in [1.82, 2.24) is 0 Å². The highest BCUT2D eigenvalue weighted by atomic mass is 79.9. The van der Waals surface area contributed by atoms with Crippen molar-refractivity contribution in [2.24, 2.45) is 0 Å². The van der Waals surface area contributed by atoms with Crippen LogP contribution in [-0.4, -0.2) is 0 Å². The van der Waals surface area contributed by atoms with Gasteiger partial charge in [-0.3, -0.25) is 0 Å². The summed E-state index contributed by atoms with van der Waals surface area (Å²) in [5.41, 5.74) is 10.4. The van der Waals surface area contributed by atoms with E-state index in [0.717, 1.165) is 23.0 Å². The largest absolute Gasteiger partial charge is 0.310 e. The average Bonchev–Trinajstić information content (AvgIpc) is 3.04. The third kappa shape index (κ3) is 3.57. The second-order valence-corrected chi connectivity index (χ2v) is 10.0. The molecule has 0 heterocycles. The Hall–Kier alpha value is -2.84. The zero-order chi connectivity index (χ0) is 22.3. The van der Waals surface area contributed by atoms with Gasteiger partial charge < -0.3 is 4.90 Å². The molecule has 0 amide bonds. The molecule has 0 aromatic heterocycles. The van der Waals surface area contributed by atoms with Crippen LogP contribution in [0.5, 0.6) is 0 Å². The molecule has 1 nitrogen and oxygen atoms in total. The fourth-order valence-electron chi connectivity index (χ4n) is 4.97. The van der Waals surface area contributed by atoms with Crippen LogP contribution >= 0.6 is 15.9 Å². The van der Waals surface area contributed by atoms with Crippen molar-refractivity contribution in [3.05, 3.63) is 112 Å². The maximum atomic E-state index is 3.59. The Labute approximate surface area is 199 Å². The van der Waals surface area contributed by atoms with Crippen molar-refractivity contribution in [1.29, 1.82) is 0 Å². The Bertz CT molecular complexity index is 1250. The van der Waals surface area contributed by atoms with Crippen LogP contribution in [0.4, 0.5) is 17.1 Å². The third-order valence-electron chi connectivity index (χ3n) is 6.64. The molecule has 0 aliphatic heterocycles. The van der Waals surface area contributed by atoms with Gasteiger partial charge in [-0.1, -0.05) is 85.6 Å². The van der Waals surface area contributed by atoms with E-state index < -0.39 is 0 Å². The summed E-state index contributed by atoms with van der Waals surface area (Å²) in [5, 5.41) is 0. The molecule has 0 saturated carbocycles. The van der Waals surface area contributed by atoms with Crippen molar-refractivity contribution >= 4 is 33.0 Å². The van der Waals surface area contributed by atoms with Crippen LogP contribution in [-0.2, 0) is 11.8 Å². The van der Waals surface area contributed by atoms with Crippen molar-refractivity contribution in [3.63, 3.8) is 0 Å². The minimum absolute atomic E-state index is 0.0156. The summed E-state index contributed by atoms with van der Waals surface area (Å²) >= 11 is 3.59. The molecule has 4 aromatic rings. The van der Waals surface area contributed by atoms with Crippen molar-refractivity contribution < 1.29 is 0 Å². The predicted molar refractivity (Wildman–Crippen MR) is 140 cm³/mol. The molecule has 32 heavy (non-hydrogen) atoms. The molecule has 0 atom stereocenters. The Kier molecular flexibility index (Phi) is 5.43. The van der Waals surface area contributed by atoms with Gasteiger partial charge in [0, 0.05) is 26.9 Å². The SMILES string of the molecule is CCCc1ccc(N(c2ccc(Br)cc2)c2ccc3c(c2)C(C)(C)c2ccccc2-3)cc1. The maximum Gasteiger partial charge on any atom is 0.0465 e. The zero-order valence-electron chi connectivity index (χ0n) is 18.9. The van der Waals surface area contributed by atoms with E-state index in [4.69, 9.17) is 0 Å². The summed E-state index contributed by atoms with van der Waals surface area (Å²) in [7, 11) is 0. The van der Waals surface area contributed by atoms with Crippen LogP contribution < -0.4 is 4.90 Å². The summed E-state index contributed by atoms with van der Waals surface area (Å²) in [6, 6.07) is 33.4. The molecule has 0 unspecified atom stereocenters. The number of hydrogen-bond acceptors (Lipinski definition) is 1. The lowest BCUT2D eigenvalue weighted by atomic mass is 9.82. The molecule has 4 aromatic carbocycles. The molecule has 0 spiro atoms. The first kappa shape index (κ1) is 21.0. The third-order valence-corrected chi connectivity index (χ3v) is 7.17. The highest BCUT2D eigenvalue weighted by Gasteiger charge is 2.35. The van der Waals surface area contributed by atoms with Gasteiger partial charge in [-0.05, 0) is 82.8 Å². The maximum absolute atomic E-state index is 3.59. The summed E-state index contributed by atoms with van der Waals surface area (Å²) < 4.78 is 1.09. The van der Waals surface area contributed by atoms with Gasteiger partial charge >= 0.3 is 0 Å². The number of fused-ring (bicyclic) bond motifs is 3. The van der Waals surface area contributed by atoms with E-state index in [0.29, 0.717) is 0 Å². The van der Waals surface area contributed by atoms with Crippen LogP contribution in [0.15, 0.2) is 95.5 Å². The van der Waals surface area contributed by atoms with E-state index in [1.54, 1.807) is 0 Å². The second-order valence-electron chi connectivity index (χ2n) is 9.13. The van der Waals surface area contributed by atoms with Gasteiger partial charge in [0.2, 0.25) is 0 Å². The van der Waals surface area contributed by atoms with Gasteiger partial charge in [0.25, 0.3) is 0 Å². The van der Waals surface area contributed by atoms with E-state index in [-0.39, 0.29) is 5.41 Å². The van der Waals surface area contributed by atoms with E-state index in [1.165, 1.54) is 39.2 Å². The van der Waals surface area contributed by atoms with Gasteiger partial charge in [-0.25, -0.2) is 0 Å². The lowest BCUT2D eigenvalue weighted by Crippen LogP contribution is -2.16. The normalized spacial score (nSPS) is 13.5. The molecular formula is C30H28BrN. The molecule has 1 aliphatic carbocycles. The van der Waals surface area contributed by atoms with Gasteiger partial charge in [-0.2, -0.15) is 0 Å². The van der Waals surface area contributed by atoms with E-state index in [9.17, 15) is 0 Å². The van der Waals surface area contributed by atoms with Crippen molar-refractivity contribution in [2.75, 3.05) is 4.90 Å². The molecule has 0 fully saturated rings. The zero-order valence-corrected chi connectivity index (χ0v) is 20.5. The monoisotopic (exact) mass is 481 g/mol. The number of nitrogens with zero attached hydrogens (tertiary/aromatic N) is 1. The standard InChI is InChI=1S/C30H28BrN/c1-4-7-21-10-14-23(15-11-21)32(24-16-12-22(31)13-17-24)25-18-19-27-26-8-5-6-9-28(26)30(2,3)29(27)20-25/h5-6,8-20H,4,7H2,1-3H3. The number of anilines is 3. The van der Waals surface area contributed by atoms with Crippen LogP contribution in [0.3, 0.4) is 0 Å². The summed E-state index contributed by atoms with van der Waals surface area (Å²) in [6.07, 6.45) is 2.28. The fraction of sp³-hybridized carbons (Fsp3) is 0.200. The molecule has 160 valence electrons. The molecule has 2 heteroatoms. The summed E-state index contributed by atoms with van der Waals surface area (Å²) in [5.74, 6) is 0. The number of benzene rings is 4. The second kappa shape index (κ2) is 8.26. The van der Waals surface area contributed by atoms with E-state index >= 15 is 0 Å². The first-order chi connectivity index (χ1) is 15.5. The number of aryl methyl sites for hydroxylation is 1. The molecule has 0 N–H and O–H groups in total. The van der Waals surface area contributed by atoms with Gasteiger partial charge in [0.15, 0.2) is 0 Å². The Balaban J connectivity index is 1.64. The van der Waals surface area contributed by atoms with Crippen LogP contribution in [0, 0.1) is 0 Å². The number of halogens is 1. The fourth-order valence-corrected chi connectivity index (χ4v) is 5.23. The molecule has 5 rings (SSSR count). The smallest absolute Gasteiger partial charge is 0.0465 e. The quantitative estimate of drug-likeness (QED) is 0.274. The highest BCUT2D eigenvalue weighted by Crippen LogP contribution is 2.50. The molecule has 0 radical (unpaired) electrons. The first-order valence-electron chi connectivity index (χ1n) is 11.4. The lowest BCUT2D eigenvalue weighted by molar-refractivity contribution is 0.660. The van der Waals surface area contributed by atoms with Gasteiger partial charge in [0.1, 0.15) is 0 Å². The number of rotatable bonds is 5. The van der Waals surface area contributed by atoms with Crippen molar-refractivity contribution in [3.8, 4) is 11.1 Å². The first-order valence-corrected chi connectivity index (χ1v) is 12.2. The summed E-state index contributed by atoms with van der Waals surface area (Å²) in [6.45, 7) is 6.91. The van der Waals surface area contributed by atoms with Crippen molar-refractivity contribution in [2.45, 2.75) is 39.0 Å². The predicted octanol–water partition coefficient (Wildman–Crippen LogP) is 9.18. The van der Waals surface area contributed by atoms with Gasteiger partial charge in [-0.15, -0.1) is 0 Å². The Morgan fingerprint density at radius 3 is 1.97 bits per heavy atom. The molecule has 1 aliphatic rings. The van der Waals surface area contributed by atoms with Crippen LogP contribution in [0.2, 0.25) is 0 Å². The van der Waals surface area contributed by atoms with E-state index in [2.05, 4.69) is 133 Å². The summed E-state index contributed by atoms with van der Waals surface area (Å²) in [4.78, 5) is 2.36. The van der Waals surface area contributed by atoms with E-state index in [1.807, 2.05) is 0 Å². The number of hydrogen-bond donors (Lipinski definition) is 0. The average molecular weight is 482 g/mol. The minimum atomic E-state index is -0.0156. The minimum Gasteiger partial charge on any atom is -0.310 e. The molecule has 0 bridgehead atoms. The topological polar surface area (TPSA) is 3.24 Å². The Morgan fingerprint density at radius 2 is 1.28 bits per heavy atom. The van der Waals surface area contributed by atoms with Crippen LogP contribution in [0.1, 0.15) is 43.9 Å².